The minimum atomic E-state index is -0.114. The lowest BCUT2D eigenvalue weighted by molar-refractivity contribution is -0.125. The quantitative estimate of drug-likeness (QED) is 0.791. The molecular weight excluding hydrogens is 316 g/mol. The minimum absolute atomic E-state index is 0.0602. The predicted molar refractivity (Wildman–Crippen MR) is 99.8 cm³/mol. The number of H-pyrrole nitrogens is 1. The SMILES string of the molecule is CCCCCNC(=O)C1CCN(c2nc3ccccc3c(=O)[nH]2)CC1. The number of nitrogens with zero attached hydrogens (tertiary/aromatic N) is 2. The van der Waals surface area contributed by atoms with Gasteiger partial charge >= 0.3 is 0 Å². The first-order chi connectivity index (χ1) is 12.2. The maximum Gasteiger partial charge on any atom is 0.260 e. The number of carbonyl (C=O) groups is 1. The number of hydrogen-bond acceptors (Lipinski definition) is 4. The summed E-state index contributed by atoms with van der Waals surface area (Å²) in [7, 11) is 0. The van der Waals surface area contributed by atoms with Crippen molar-refractivity contribution >= 4 is 22.8 Å². The van der Waals surface area contributed by atoms with Crippen molar-refractivity contribution < 1.29 is 4.79 Å². The van der Waals surface area contributed by atoms with Crippen LogP contribution in [-0.2, 0) is 4.79 Å². The lowest BCUT2D eigenvalue weighted by atomic mass is 9.96. The third kappa shape index (κ3) is 4.18. The number of piperidine rings is 1. The number of rotatable bonds is 6. The summed E-state index contributed by atoms with van der Waals surface area (Å²) in [5.74, 6) is 0.825. The van der Waals surface area contributed by atoms with E-state index in [1.54, 1.807) is 6.07 Å². The molecule has 2 aromatic rings. The van der Waals surface area contributed by atoms with E-state index >= 15 is 0 Å². The van der Waals surface area contributed by atoms with Gasteiger partial charge in [0, 0.05) is 25.6 Å². The Morgan fingerprint density at radius 1 is 1.28 bits per heavy atom. The van der Waals surface area contributed by atoms with Crippen LogP contribution in [0.25, 0.3) is 10.9 Å². The number of para-hydroxylation sites is 1. The monoisotopic (exact) mass is 342 g/mol. The first kappa shape index (κ1) is 17.5. The smallest absolute Gasteiger partial charge is 0.260 e. The van der Waals surface area contributed by atoms with Crippen molar-refractivity contribution in [3.63, 3.8) is 0 Å². The summed E-state index contributed by atoms with van der Waals surface area (Å²) in [4.78, 5) is 33.9. The van der Waals surface area contributed by atoms with E-state index in [0.717, 1.165) is 51.7 Å². The van der Waals surface area contributed by atoms with Gasteiger partial charge in [-0.25, -0.2) is 4.98 Å². The molecule has 1 saturated heterocycles. The van der Waals surface area contributed by atoms with Crippen molar-refractivity contribution in [3.05, 3.63) is 34.6 Å². The lowest BCUT2D eigenvalue weighted by Crippen LogP contribution is -2.41. The van der Waals surface area contributed by atoms with E-state index in [9.17, 15) is 9.59 Å². The molecule has 1 fully saturated rings. The Bertz CT molecular complexity index is 778. The predicted octanol–water partition coefficient (Wildman–Crippen LogP) is 2.45. The second-order valence-electron chi connectivity index (χ2n) is 6.67. The van der Waals surface area contributed by atoms with E-state index in [0.29, 0.717) is 16.9 Å². The van der Waals surface area contributed by atoms with Crippen LogP contribution in [0.2, 0.25) is 0 Å². The first-order valence-corrected chi connectivity index (χ1v) is 9.20. The molecule has 0 radical (unpaired) electrons. The van der Waals surface area contributed by atoms with E-state index in [2.05, 4.69) is 27.1 Å². The molecule has 0 atom stereocenters. The van der Waals surface area contributed by atoms with Gasteiger partial charge in [-0.05, 0) is 31.4 Å². The number of benzene rings is 1. The number of aromatic amines is 1. The van der Waals surface area contributed by atoms with Crippen molar-refractivity contribution in [2.45, 2.75) is 39.0 Å². The normalized spacial score (nSPS) is 15.5. The summed E-state index contributed by atoms with van der Waals surface area (Å²) in [6, 6.07) is 7.35. The molecule has 25 heavy (non-hydrogen) atoms. The van der Waals surface area contributed by atoms with Gasteiger partial charge in [0.15, 0.2) is 0 Å². The summed E-state index contributed by atoms with van der Waals surface area (Å²) in [6.45, 7) is 4.39. The molecule has 2 N–H and O–H groups in total. The van der Waals surface area contributed by atoms with Gasteiger partial charge in [-0.3, -0.25) is 14.6 Å². The molecule has 0 aliphatic carbocycles. The van der Waals surface area contributed by atoms with Crippen LogP contribution in [0.3, 0.4) is 0 Å². The number of nitrogens with one attached hydrogen (secondary N) is 2. The first-order valence-electron chi connectivity index (χ1n) is 9.20. The molecule has 1 aromatic heterocycles. The van der Waals surface area contributed by atoms with Gasteiger partial charge in [0.05, 0.1) is 10.9 Å². The van der Waals surface area contributed by atoms with Crippen LogP contribution >= 0.6 is 0 Å². The van der Waals surface area contributed by atoms with Crippen molar-refractivity contribution in [2.75, 3.05) is 24.5 Å². The number of amides is 1. The van der Waals surface area contributed by atoms with Crippen LogP contribution in [0.15, 0.2) is 29.1 Å². The van der Waals surface area contributed by atoms with Gasteiger partial charge in [0.1, 0.15) is 0 Å². The zero-order valence-electron chi connectivity index (χ0n) is 14.8. The molecule has 0 saturated carbocycles. The average Bonchev–Trinajstić information content (AvgIpc) is 2.65. The molecule has 1 aliphatic heterocycles. The Kier molecular flexibility index (Phi) is 5.68. The van der Waals surface area contributed by atoms with Crippen molar-refractivity contribution in [1.82, 2.24) is 15.3 Å². The second kappa shape index (κ2) is 8.14. The number of aromatic nitrogens is 2. The molecule has 6 heteroatoms. The maximum absolute atomic E-state index is 12.2. The molecule has 1 aromatic carbocycles. The number of hydrogen-bond donors (Lipinski definition) is 2. The summed E-state index contributed by atoms with van der Waals surface area (Å²) >= 11 is 0. The van der Waals surface area contributed by atoms with Crippen LogP contribution in [0.1, 0.15) is 39.0 Å². The Labute approximate surface area is 147 Å². The van der Waals surface area contributed by atoms with Crippen molar-refractivity contribution in [1.29, 1.82) is 0 Å². The molecule has 1 amide bonds. The number of anilines is 1. The maximum atomic E-state index is 12.2. The molecule has 134 valence electrons. The minimum Gasteiger partial charge on any atom is -0.356 e. The van der Waals surface area contributed by atoms with Gasteiger partial charge in [-0.2, -0.15) is 0 Å². The molecule has 0 spiro atoms. The second-order valence-corrected chi connectivity index (χ2v) is 6.67. The zero-order chi connectivity index (χ0) is 17.6. The average molecular weight is 342 g/mol. The Morgan fingerprint density at radius 2 is 2.04 bits per heavy atom. The molecule has 6 nitrogen and oxygen atoms in total. The van der Waals surface area contributed by atoms with Gasteiger partial charge in [0.25, 0.3) is 5.56 Å². The van der Waals surface area contributed by atoms with Crippen LogP contribution in [0.5, 0.6) is 0 Å². The van der Waals surface area contributed by atoms with Gasteiger partial charge in [0.2, 0.25) is 11.9 Å². The van der Waals surface area contributed by atoms with Gasteiger partial charge < -0.3 is 10.2 Å². The highest BCUT2D eigenvalue weighted by molar-refractivity contribution is 5.79. The highest BCUT2D eigenvalue weighted by Gasteiger charge is 2.26. The molecule has 3 rings (SSSR count). The fourth-order valence-corrected chi connectivity index (χ4v) is 3.31. The lowest BCUT2D eigenvalue weighted by Gasteiger charge is -2.31. The topological polar surface area (TPSA) is 78.1 Å². The van der Waals surface area contributed by atoms with Crippen molar-refractivity contribution in [3.8, 4) is 0 Å². The molecule has 0 unspecified atom stereocenters. The summed E-state index contributed by atoms with van der Waals surface area (Å²) < 4.78 is 0. The zero-order valence-corrected chi connectivity index (χ0v) is 14.8. The van der Waals surface area contributed by atoms with Gasteiger partial charge in [-0.15, -0.1) is 0 Å². The van der Waals surface area contributed by atoms with Crippen LogP contribution in [0, 0.1) is 5.92 Å². The van der Waals surface area contributed by atoms with E-state index in [4.69, 9.17) is 0 Å². The standard InChI is InChI=1S/C19H26N4O2/c1-2-3-6-11-20-17(24)14-9-12-23(13-10-14)19-21-16-8-5-4-7-15(16)18(25)22-19/h4-5,7-8,14H,2-3,6,9-13H2,1H3,(H,20,24)(H,21,22,25). The highest BCUT2D eigenvalue weighted by Crippen LogP contribution is 2.21. The fourth-order valence-electron chi connectivity index (χ4n) is 3.31. The number of unbranched alkanes of at least 4 members (excludes halogenated alkanes) is 2. The van der Waals surface area contributed by atoms with Crippen LogP contribution in [-0.4, -0.2) is 35.5 Å². The third-order valence-electron chi connectivity index (χ3n) is 4.85. The Morgan fingerprint density at radius 3 is 2.80 bits per heavy atom. The van der Waals surface area contributed by atoms with Crippen molar-refractivity contribution in [2.24, 2.45) is 5.92 Å². The molecule has 2 heterocycles. The van der Waals surface area contributed by atoms with E-state index < -0.39 is 0 Å². The number of carbonyl (C=O) groups excluding carboxylic acids is 1. The van der Waals surface area contributed by atoms with E-state index in [1.807, 2.05) is 18.2 Å². The summed E-state index contributed by atoms with van der Waals surface area (Å²) in [5, 5.41) is 3.65. The van der Waals surface area contributed by atoms with Gasteiger partial charge in [-0.1, -0.05) is 31.9 Å². The molecule has 1 aliphatic rings. The fraction of sp³-hybridized carbons (Fsp3) is 0.526. The largest absolute Gasteiger partial charge is 0.356 e. The Balaban J connectivity index is 1.59. The highest BCUT2D eigenvalue weighted by atomic mass is 16.2. The summed E-state index contributed by atoms with van der Waals surface area (Å²) in [6.07, 6.45) is 4.93. The van der Waals surface area contributed by atoms with E-state index in [-0.39, 0.29) is 17.4 Å². The molecular formula is C19H26N4O2. The number of fused-ring (bicyclic) bond motifs is 1. The third-order valence-corrected chi connectivity index (χ3v) is 4.85. The Hall–Kier alpha value is -2.37. The summed E-state index contributed by atoms with van der Waals surface area (Å²) in [5.41, 5.74) is 0.591. The van der Waals surface area contributed by atoms with E-state index in [1.165, 1.54) is 0 Å². The van der Waals surface area contributed by atoms with Crippen LogP contribution in [0.4, 0.5) is 5.95 Å². The van der Waals surface area contributed by atoms with Crippen LogP contribution < -0.4 is 15.8 Å². The molecule has 0 bridgehead atoms.